The van der Waals surface area contributed by atoms with Crippen LogP contribution in [0.4, 0.5) is 5.95 Å². The first kappa shape index (κ1) is 12.5. The van der Waals surface area contributed by atoms with Gasteiger partial charge in [-0.3, -0.25) is 0 Å². The quantitative estimate of drug-likeness (QED) is 0.790. The van der Waals surface area contributed by atoms with Crippen molar-refractivity contribution in [3.8, 4) is 5.75 Å². The number of nitrogens with zero attached hydrogens (tertiary/aromatic N) is 2. The van der Waals surface area contributed by atoms with Crippen molar-refractivity contribution in [1.82, 2.24) is 9.55 Å². The number of imidazole rings is 1. The first-order valence-corrected chi connectivity index (χ1v) is 6.65. The molecule has 0 saturated carbocycles. The molecule has 0 saturated heterocycles. The van der Waals surface area contributed by atoms with Crippen LogP contribution < -0.4 is 10.5 Å². The number of aromatic nitrogens is 2. The highest BCUT2D eigenvalue weighted by Crippen LogP contribution is 2.21. The molecule has 0 aliphatic heterocycles. The van der Waals surface area contributed by atoms with Crippen molar-refractivity contribution >= 4 is 17.0 Å². The van der Waals surface area contributed by atoms with E-state index in [1.165, 1.54) is 5.56 Å². The zero-order chi connectivity index (χ0) is 13.9. The Hall–Kier alpha value is -2.49. The van der Waals surface area contributed by atoms with Crippen LogP contribution in [0.5, 0.6) is 5.75 Å². The van der Waals surface area contributed by atoms with Crippen LogP contribution in [0.2, 0.25) is 0 Å². The van der Waals surface area contributed by atoms with E-state index in [1.807, 2.05) is 47.0 Å². The molecule has 4 heteroatoms. The fraction of sp³-hybridized carbons (Fsp3) is 0.188. The van der Waals surface area contributed by atoms with Crippen LogP contribution in [0.15, 0.2) is 48.5 Å². The van der Waals surface area contributed by atoms with Gasteiger partial charge in [0.15, 0.2) is 0 Å². The van der Waals surface area contributed by atoms with Gasteiger partial charge in [-0.15, -0.1) is 0 Å². The summed E-state index contributed by atoms with van der Waals surface area (Å²) in [4.78, 5) is 4.38. The SMILES string of the molecule is Cc1cccc2nc(N)n(CCOc3ccccc3)c12. The average molecular weight is 267 g/mol. The summed E-state index contributed by atoms with van der Waals surface area (Å²) in [6.07, 6.45) is 0. The number of hydrogen-bond acceptors (Lipinski definition) is 3. The van der Waals surface area contributed by atoms with E-state index in [0.29, 0.717) is 19.1 Å². The Bertz CT molecular complexity index is 719. The molecule has 20 heavy (non-hydrogen) atoms. The van der Waals surface area contributed by atoms with E-state index < -0.39 is 0 Å². The molecule has 2 aromatic carbocycles. The Morgan fingerprint density at radius 3 is 2.70 bits per heavy atom. The maximum Gasteiger partial charge on any atom is 0.201 e. The molecule has 3 aromatic rings. The number of nitrogens with two attached hydrogens (primary N) is 1. The van der Waals surface area contributed by atoms with Gasteiger partial charge >= 0.3 is 0 Å². The van der Waals surface area contributed by atoms with E-state index >= 15 is 0 Å². The molecule has 0 fully saturated rings. The van der Waals surface area contributed by atoms with Gasteiger partial charge in [0.2, 0.25) is 5.95 Å². The van der Waals surface area contributed by atoms with Crippen LogP contribution >= 0.6 is 0 Å². The second kappa shape index (κ2) is 5.25. The zero-order valence-corrected chi connectivity index (χ0v) is 11.4. The Balaban J connectivity index is 1.79. The Kier molecular flexibility index (Phi) is 3.29. The maximum atomic E-state index is 6.00. The van der Waals surface area contributed by atoms with Gasteiger partial charge in [0, 0.05) is 0 Å². The van der Waals surface area contributed by atoms with Crippen LogP contribution in [-0.4, -0.2) is 16.2 Å². The number of benzene rings is 2. The lowest BCUT2D eigenvalue weighted by atomic mass is 10.2. The first-order chi connectivity index (χ1) is 9.75. The second-order valence-electron chi connectivity index (χ2n) is 4.73. The number of fused-ring (bicyclic) bond motifs is 1. The molecular formula is C16H17N3O. The van der Waals surface area contributed by atoms with E-state index in [4.69, 9.17) is 10.5 Å². The molecule has 0 unspecified atom stereocenters. The fourth-order valence-electron chi connectivity index (χ4n) is 2.38. The molecule has 0 aliphatic rings. The average Bonchev–Trinajstić information content (AvgIpc) is 2.78. The van der Waals surface area contributed by atoms with Gasteiger partial charge in [0.25, 0.3) is 0 Å². The van der Waals surface area contributed by atoms with E-state index in [2.05, 4.69) is 18.0 Å². The van der Waals surface area contributed by atoms with Gasteiger partial charge < -0.3 is 15.0 Å². The zero-order valence-electron chi connectivity index (χ0n) is 11.4. The van der Waals surface area contributed by atoms with Crippen molar-refractivity contribution < 1.29 is 4.74 Å². The van der Waals surface area contributed by atoms with Crippen LogP contribution in [0.3, 0.4) is 0 Å². The van der Waals surface area contributed by atoms with Gasteiger partial charge in [0.1, 0.15) is 12.4 Å². The Labute approximate surface area is 117 Å². The standard InChI is InChI=1S/C16H17N3O/c1-12-6-5-9-14-15(12)19(16(17)18-14)10-11-20-13-7-3-2-4-8-13/h2-9H,10-11H2,1H3,(H2,17,18). The van der Waals surface area contributed by atoms with Gasteiger partial charge in [-0.1, -0.05) is 30.3 Å². The highest BCUT2D eigenvalue weighted by molar-refractivity contribution is 5.81. The normalized spacial score (nSPS) is 10.8. The lowest BCUT2D eigenvalue weighted by Gasteiger charge is -2.09. The third-order valence-electron chi connectivity index (χ3n) is 3.32. The largest absolute Gasteiger partial charge is 0.492 e. The minimum atomic E-state index is 0.533. The summed E-state index contributed by atoms with van der Waals surface area (Å²) in [7, 11) is 0. The summed E-state index contributed by atoms with van der Waals surface area (Å²) < 4.78 is 7.73. The van der Waals surface area contributed by atoms with E-state index in [-0.39, 0.29) is 0 Å². The van der Waals surface area contributed by atoms with Crippen LogP contribution in [0.1, 0.15) is 5.56 Å². The topological polar surface area (TPSA) is 53.1 Å². The molecule has 0 amide bonds. The lowest BCUT2D eigenvalue weighted by molar-refractivity contribution is 0.301. The van der Waals surface area contributed by atoms with Crippen molar-refractivity contribution in [3.63, 3.8) is 0 Å². The molecule has 1 aromatic heterocycles. The smallest absolute Gasteiger partial charge is 0.201 e. The van der Waals surface area contributed by atoms with Gasteiger partial charge in [-0.2, -0.15) is 0 Å². The van der Waals surface area contributed by atoms with E-state index in [9.17, 15) is 0 Å². The minimum absolute atomic E-state index is 0.533. The molecule has 0 radical (unpaired) electrons. The molecule has 0 bridgehead atoms. The van der Waals surface area contributed by atoms with E-state index in [0.717, 1.165) is 16.8 Å². The molecule has 3 rings (SSSR count). The summed E-state index contributed by atoms with van der Waals surface area (Å²) >= 11 is 0. The van der Waals surface area contributed by atoms with Crippen molar-refractivity contribution in [3.05, 3.63) is 54.1 Å². The number of ether oxygens (including phenoxy) is 1. The van der Waals surface area contributed by atoms with Crippen molar-refractivity contribution in [1.29, 1.82) is 0 Å². The lowest BCUT2D eigenvalue weighted by Crippen LogP contribution is -2.11. The maximum absolute atomic E-state index is 6.00. The third kappa shape index (κ3) is 2.32. The minimum Gasteiger partial charge on any atom is -0.492 e. The van der Waals surface area contributed by atoms with E-state index in [1.54, 1.807) is 0 Å². The highest BCUT2D eigenvalue weighted by atomic mass is 16.5. The van der Waals surface area contributed by atoms with Crippen LogP contribution in [0.25, 0.3) is 11.0 Å². The third-order valence-corrected chi connectivity index (χ3v) is 3.32. The number of para-hydroxylation sites is 2. The number of aryl methyl sites for hydroxylation is 1. The summed E-state index contributed by atoms with van der Waals surface area (Å²) in [5, 5.41) is 0. The van der Waals surface area contributed by atoms with Crippen molar-refractivity contribution in [2.45, 2.75) is 13.5 Å². The summed E-state index contributed by atoms with van der Waals surface area (Å²) in [5.41, 5.74) is 9.19. The first-order valence-electron chi connectivity index (χ1n) is 6.65. The summed E-state index contributed by atoms with van der Waals surface area (Å²) in [5.74, 6) is 1.40. The predicted octanol–water partition coefficient (Wildman–Crippen LogP) is 3.01. The molecule has 1 heterocycles. The number of rotatable bonds is 4. The molecule has 2 N–H and O–H groups in total. The molecule has 0 spiro atoms. The summed E-state index contributed by atoms with van der Waals surface area (Å²) in [6.45, 7) is 3.31. The molecule has 102 valence electrons. The predicted molar refractivity (Wildman–Crippen MR) is 80.8 cm³/mol. The van der Waals surface area contributed by atoms with Crippen molar-refractivity contribution in [2.75, 3.05) is 12.3 Å². The molecular weight excluding hydrogens is 250 g/mol. The fourth-order valence-corrected chi connectivity index (χ4v) is 2.38. The number of nitrogen functional groups attached to an aromatic ring is 1. The van der Waals surface area contributed by atoms with Gasteiger partial charge in [-0.25, -0.2) is 4.98 Å². The second-order valence-corrected chi connectivity index (χ2v) is 4.73. The monoisotopic (exact) mass is 267 g/mol. The Morgan fingerprint density at radius 2 is 1.90 bits per heavy atom. The molecule has 0 atom stereocenters. The Morgan fingerprint density at radius 1 is 1.10 bits per heavy atom. The van der Waals surface area contributed by atoms with Crippen molar-refractivity contribution in [2.24, 2.45) is 0 Å². The summed E-state index contributed by atoms with van der Waals surface area (Å²) in [6, 6.07) is 15.8. The van der Waals surface area contributed by atoms with Gasteiger partial charge in [0.05, 0.1) is 17.6 Å². The van der Waals surface area contributed by atoms with Gasteiger partial charge in [-0.05, 0) is 30.7 Å². The number of hydrogen-bond donors (Lipinski definition) is 1. The van der Waals surface area contributed by atoms with Crippen LogP contribution in [-0.2, 0) is 6.54 Å². The van der Waals surface area contributed by atoms with Crippen LogP contribution in [0, 0.1) is 6.92 Å². The molecule has 4 nitrogen and oxygen atoms in total. The molecule has 0 aliphatic carbocycles. The highest BCUT2D eigenvalue weighted by Gasteiger charge is 2.09. The number of anilines is 1.